The third-order valence-corrected chi connectivity index (χ3v) is 3.93. The fraction of sp³-hybridized carbons (Fsp3) is 0.438. The molecule has 0 radical (unpaired) electrons. The lowest BCUT2D eigenvalue weighted by molar-refractivity contribution is 0.886. The van der Waals surface area contributed by atoms with Crippen LogP contribution in [0.25, 0.3) is 11.4 Å². The van der Waals surface area contributed by atoms with Crippen molar-refractivity contribution in [1.82, 2.24) is 15.0 Å². The smallest absolute Gasteiger partial charge is 0.230 e. The van der Waals surface area contributed by atoms with Crippen LogP contribution in [0.5, 0.6) is 0 Å². The molecule has 0 spiro atoms. The van der Waals surface area contributed by atoms with Crippen molar-refractivity contribution in [3.63, 3.8) is 0 Å². The van der Waals surface area contributed by atoms with E-state index in [1.165, 1.54) is 29.5 Å². The molecule has 0 saturated carbocycles. The number of benzene rings is 1. The number of hydrogen-bond acceptors (Lipinski definition) is 5. The Kier molecular flexibility index (Phi) is 3.49. The Morgan fingerprint density at radius 2 is 1.57 bits per heavy atom. The Morgan fingerprint density at radius 1 is 0.952 bits per heavy atom. The summed E-state index contributed by atoms with van der Waals surface area (Å²) in [5.74, 6) is 1.68. The van der Waals surface area contributed by atoms with Gasteiger partial charge in [-0.1, -0.05) is 17.7 Å². The van der Waals surface area contributed by atoms with Gasteiger partial charge in [0.05, 0.1) is 0 Å². The number of nitrogens with zero attached hydrogens (tertiary/aromatic N) is 4. The highest BCUT2D eigenvalue weighted by atomic mass is 15.3. The molecule has 5 nitrogen and oxygen atoms in total. The fourth-order valence-electron chi connectivity index (χ4n) is 3.08. The lowest BCUT2D eigenvalue weighted by Gasteiger charge is -2.17. The first-order chi connectivity index (χ1) is 10.0. The van der Waals surface area contributed by atoms with Gasteiger partial charge in [0.1, 0.15) is 0 Å². The number of nitrogens with two attached hydrogens (primary N) is 1. The standard InChI is InChI=1S/C16H21N5/c1-10-8-11(2)13(12(3)9-10)14-18-15(17)20-16(19-14)21-6-4-5-7-21/h8-9H,4-7H2,1-3H3,(H2,17,18,19,20). The molecular formula is C16H21N5. The minimum atomic E-state index is 0.293. The number of anilines is 2. The summed E-state index contributed by atoms with van der Waals surface area (Å²) in [7, 11) is 0. The highest BCUT2D eigenvalue weighted by molar-refractivity contribution is 5.66. The molecule has 2 heterocycles. The zero-order valence-electron chi connectivity index (χ0n) is 12.8. The van der Waals surface area contributed by atoms with E-state index < -0.39 is 0 Å². The maximum Gasteiger partial charge on any atom is 0.230 e. The molecule has 1 aromatic carbocycles. The largest absolute Gasteiger partial charge is 0.368 e. The molecule has 1 saturated heterocycles. The number of hydrogen-bond donors (Lipinski definition) is 1. The van der Waals surface area contributed by atoms with Gasteiger partial charge in [-0.25, -0.2) is 0 Å². The third kappa shape index (κ3) is 2.68. The van der Waals surface area contributed by atoms with Gasteiger partial charge in [-0.2, -0.15) is 15.0 Å². The summed E-state index contributed by atoms with van der Waals surface area (Å²) in [5, 5.41) is 0. The predicted molar refractivity (Wildman–Crippen MR) is 85.3 cm³/mol. The molecule has 0 bridgehead atoms. The summed E-state index contributed by atoms with van der Waals surface area (Å²) in [6.45, 7) is 8.26. The van der Waals surface area contributed by atoms with Gasteiger partial charge in [-0.15, -0.1) is 0 Å². The van der Waals surface area contributed by atoms with Gasteiger partial charge in [0.2, 0.25) is 11.9 Å². The molecule has 3 rings (SSSR count). The van der Waals surface area contributed by atoms with Crippen molar-refractivity contribution in [2.45, 2.75) is 33.6 Å². The van der Waals surface area contributed by atoms with Crippen LogP contribution in [-0.2, 0) is 0 Å². The summed E-state index contributed by atoms with van der Waals surface area (Å²) in [5.41, 5.74) is 10.6. The Balaban J connectivity index is 2.10. The van der Waals surface area contributed by atoms with Crippen LogP contribution in [0.4, 0.5) is 11.9 Å². The molecule has 2 N–H and O–H groups in total. The monoisotopic (exact) mass is 283 g/mol. The number of aromatic nitrogens is 3. The average molecular weight is 283 g/mol. The number of nitrogen functional groups attached to an aromatic ring is 1. The van der Waals surface area contributed by atoms with Crippen molar-refractivity contribution in [2.75, 3.05) is 23.7 Å². The second-order valence-corrected chi connectivity index (χ2v) is 5.79. The van der Waals surface area contributed by atoms with E-state index in [0.29, 0.717) is 17.7 Å². The SMILES string of the molecule is Cc1cc(C)c(-c2nc(N)nc(N3CCCC3)n2)c(C)c1. The summed E-state index contributed by atoms with van der Waals surface area (Å²) in [4.78, 5) is 15.5. The lowest BCUT2D eigenvalue weighted by Crippen LogP contribution is -2.21. The molecule has 1 fully saturated rings. The van der Waals surface area contributed by atoms with Gasteiger partial charge in [0, 0.05) is 18.7 Å². The molecule has 21 heavy (non-hydrogen) atoms. The van der Waals surface area contributed by atoms with Gasteiger partial charge >= 0.3 is 0 Å². The molecule has 1 aliphatic heterocycles. The normalized spacial score (nSPS) is 14.7. The van der Waals surface area contributed by atoms with E-state index in [2.05, 4.69) is 52.8 Å². The minimum absolute atomic E-state index is 0.293. The zero-order valence-corrected chi connectivity index (χ0v) is 12.8. The Bertz CT molecular complexity index is 651. The van der Waals surface area contributed by atoms with Crippen molar-refractivity contribution < 1.29 is 0 Å². The average Bonchev–Trinajstić information content (AvgIpc) is 2.90. The van der Waals surface area contributed by atoms with Crippen LogP contribution < -0.4 is 10.6 Å². The fourth-order valence-corrected chi connectivity index (χ4v) is 3.08. The molecule has 0 atom stereocenters. The van der Waals surface area contributed by atoms with E-state index in [1.807, 2.05) is 0 Å². The minimum Gasteiger partial charge on any atom is -0.368 e. The van der Waals surface area contributed by atoms with Crippen molar-refractivity contribution in [1.29, 1.82) is 0 Å². The Morgan fingerprint density at radius 3 is 2.19 bits per heavy atom. The third-order valence-electron chi connectivity index (χ3n) is 3.93. The summed E-state index contributed by atoms with van der Waals surface area (Å²) < 4.78 is 0. The van der Waals surface area contributed by atoms with E-state index in [1.54, 1.807) is 0 Å². The van der Waals surface area contributed by atoms with Crippen LogP contribution in [0.1, 0.15) is 29.5 Å². The van der Waals surface area contributed by atoms with Crippen LogP contribution in [0.3, 0.4) is 0 Å². The van der Waals surface area contributed by atoms with Crippen LogP contribution in [0.15, 0.2) is 12.1 Å². The highest BCUT2D eigenvalue weighted by Gasteiger charge is 2.18. The molecule has 0 aliphatic carbocycles. The first-order valence-electron chi connectivity index (χ1n) is 7.39. The van der Waals surface area contributed by atoms with Crippen molar-refractivity contribution in [3.8, 4) is 11.4 Å². The summed E-state index contributed by atoms with van der Waals surface area (Å²) in [6.07, 6.45) is 2.37. The van der Waals surface area contributed by atoms with Crippen molar-refractivity contribution >= 4 is 11.9 Å². The molecule has 0 unspecified atom stereocenters. The lowest BCUT2D eigenvalue weighted by atomic mass is 9.99. The quantitative estimate of drug-likeness (QED) is 0.917. The first-order valence-corrected chi connectivity index (χ1v) is 7.39. The van der Waals surface area contributed by atoms with Crippen molar-refractivity contribution in [3.05, 3.63) is 28.8 Å². The topological polar surface area (TPSA) is 67.9 Å². The molecular weight excluding hydrogens is 262 g/mol. The second-order valence-electron chi connectivity index (χ2n) is 5.79. The number of aryl methyl sites for hydroxylation is 3. The van der Waals surface area contributed by atoms with E-state index in [0.717, 1.165) is 18.7 Å². The summed E-state index contributed by atoms with van der Waals surface area (Å²) in [6, 6.07) is 4.30. The molecule has 1 aliphatic rings. The van der Waals surface area contributed by atoms with Gasteiger partial charge in [-0.05, 0) is 44.7 Å². The second kappa shape index (κ2) is 5.31. The zero-order chi connectivity index (χ0) is 15.0. The predicted octanol–water partition coefficient (Wildman–Crippen LogP) is 2.65. The molecule has 0 amide bonds. The molecule has 5 heteroatoms. The van der Waals surface area contributed by atoms with Crippen LogP contribution >= 0.6 is 0 Å². The highest BCUT2D eigenvalue weighted by Crippen LogP contribution is 2.27. The van der Waals surface area contributed by atoms with Gasteiger partial charge in [0.15, 0.2) is 5.82 Å². The Labute approximate surface area is 125 Å². The van der Waals surface area contributed by atoms with Gasteiger partial charge in [-0.3, -0.25) is 0 Å². The van der Waals surface area contributed by atoms with E-state index >= 15 is 0 Å². The van der Waals surface area contributed by atoms with Crippen molar-refractivity contribution in [2.24, 2.45) is 0 Å². The van der Waals surface area contributed by atoms with E-state index in [-0.39, 0.29) is 0 Å². The van der Waals surface area contributed by atoms with Crippen LogP contribution in [0, 0.1) is 20.8 Å². The first kappa shape index (κ1) is 13.8. The molecule has 1 aromatic heterocycles. The van der Waals surface area contributed by atoms with E-state index in [4.69, 9.17) is 5.73 Å². The maximum absolute atomic E-state index is 5.91. The van der Waals surface area contributed by atoms with Gasteiger partial charge in [0.25, 0.3) is 0 Å². The number of rotatable bonds is 2. The molecule has 2 aromatic rings. The molecule has 110 valence electrons. The van der Waals surface area contributed by atoms with E-state index in [9.17, 15) is 0 Å². The summed E-state index contributed by atoms with van der Waals surface area (Å²) >= 11 is 0. The van der Waals surface area contributed by atoms with Gasteiger partial charge < -0.3 is 10.6 Å². The van der Waals surface area contributed by atoms with Crippen LogP contribution in [-0.4, -0.2) is 28.0 Å². The Hall–Kier alpha value is -2.17. The maximum atomic E-state index is 5.91. The van der Waals surface area contributed by atoms with Crippen LogP contribution in [0.2, 0.25) is 0 Å².